The minimum Gasteiger partial charge on any atom is -0.378 e. The average Bonchev–Trinajstić information content (AvgIpc) is 2.91. The molecule has 0 fully saturated rings. The number of aryl methyl sites for hydroxylation is 2. The highest BCUT2D eigenvalue weighted by Crippen LogP contribution is 2.19. The third-order valence-electron chi connectivity index (χ3n) is 2.73. The predicted octanol–water partition coefficient (Wildman–Crippen LogP) is 2.98. The van der Waals surface area contributed by atoms with Crippen molar-refractivity contribution in [2.45, 2.75) is 33.5 Å². The first-order valence-electron chi connectivity index (χ1n) is 5.81. The van der Waals surface area contributed by atoms with E-state index in [1.165, 1.54) is 17.1 Å². The van der Waals surface area contributed by atoms with Gasteiger partial charge in [-0.2, -0.15) is 23.4 Å². The van der Waals surface area contributed by atoms with Gasteiger partial charge in [-0.3, -0.25) is 0 Å². The third kappa shape index (κ3) is 3.24. The first kappa shape index (κ1) is 16.4. The van der Waals surface area contributed by atoms with Crippen molar-refractivity contribution in [1.29, 1.82) is 0 Å². The van der Waals surface area contributed by atoms with E-state index in [0.717, 1.165) is 0 Å². The van der Waals surface area contributed by atoms with Crippen LogP contribution in [0, 0.1) is 12.9 Å². The summed E-state index contributed by atoms with van der Waals surface area (Å²) in [5.74, 6) is -0.422. The molecule has 0 radical (unpaired) electrons. The highest BCUT2D eigenvalue weighted by atomic mass is 35.5. The summed E-state index contributed by atoms with van der Waals surface area (Å²) >= 11 is 0. The highest BCUT2D eigenvalue weighted by Gasteiger charge is 2.13. The van der Waals surface area contributed by atoms with E-state index >= 15 is 0 Å². The van der Waals surface area contributed by atoms with E-state index in [4.69, 9.17) is 0 Å². The molecule has 0 unspecified atom stereocenters. The van der Waals surface area contributed by atoms with Crippen LogP contribution in [0.15, 0.2) is 12.4 Å². The molecule has 0 saturated carbocycles. The molecule has 0 aliphatic rings. The first-order valence-corrected chi connectivity index (χ1v) is 5.81. The van der Waals surface area contributed by atoms with Crippen molar-refractivity contribution in [2.75, 3.05) is 5.32 Å². The van der Waals surface area contributed by atoms with E-state index in [0.29, 0.717) is 28.2 Å². The second-order valence-electron chi connectivity index (χ2n) is 4.02. The Balaban J connectivity index is 0.00000200. The zero-order valence-electron chi connectivity index (χ0n) is 11.0. The molecule has 2 aromatic rings. The Bertz CT molecular complexity index is 566. The zero-order chi connectivity index (χ0) is 14.0. The van der Waals surface area contributed by atoms with Gasteiger partial charge in [0, 0.05) is 18.7 Å². The third-order valence-corrected chi connectivity index (χ3v) is 2.73. The van der Waals surface area contributed by atoms with E-state index in [2.05, 4.69) is 15.5 Å². The van der Waals surface area contributed by atoms with Gasteiger partial charge in [-0.25, -0.2) is 9.36 Å². The molecule has 1 N–H and O–H groups in total. The van der Waals surface area contributed by atoms with E-state index in [-0.39, 0.29) is 19.0 Å². The Morgan fingerprint density at radius 1 is 1.40 bits per heavy atom. The molecular weight excluding hydrogens is 295 g/mol. The molecule has 5 nitrogen and oxygen atoms in total. The Morgan fingerprint density at radius 3 is 2.60 bits per heavy atom. The average molecular weight is 310 g/mol. The molecule has 2 heterocycles. The van der Waals surface area contributed by atoms with Gasteiger partial charge in [0.2, 0.25) is 5.95 Å². The molecule has 112 valence electrons. The number of hydrogen-bond acceptors (Lipinski definition) is 3. The van der Waals surface area contributed by atoms with Crippen molar-refractivity contribution in [2.24, 2.45) is 0 Å². The van der Waals surface area contributed by atoms with E-state index in [1.807, 2.05) is 0 Å². The van der Waals surface area contributed by atoms with Gasteiger partial charge >= 0.3 is 6.55 Å². The molecule has 0 aliphatic heterocycles. The quantitative estimate of drug-likeness (QED) is 0.923. The van der Waals surface area contributed by atoms with Crippen LogP contribution in [0.25, 0.3) is 0 Å². The molecule has 0 amide bonds. The second kappa shape index (κ2) is 6.65. The van der Waals surface area contributed by atoms with E-state index in [9.17, 15) is 13.2 Å². The zero-order valence-corrected chi connectivity index (χ0v) is 11.8. The Kier molecular flexibility index (Phi) is 5.43. The second-order valence-corrected chi connectivity index (χ2v) is 4.02. The molecule has 0 aliphatic carbocycles. The fourth-order valence-electron chi connectivity index (χ4n) is 1.69. The van der Waals surface area contributed by atoms with Crippen LogP contribution in [0.1, 0.15) is 24.7 Å². The summed E-state index contributed by atoms with van der Waals surface area (Å²) < 4.78 is 40.3. The van der Waals surface area contributed by atoms with Gasteiger partial charge in [-0.15, -0.1) is 12.4 Å². The van der Waals surface area contributed by atoms with Gasteiger partial charge in [0.1, 0.15) is 0 Å². The molecule has 0 bridgehead atoms. The van der Waals surface area contributed by atoms with Crippen LogP contribution in [-0.4, -0.2) is 19.6 Å². The summed E-state index contributed by atoms with van der Waals surface area (Å²) in [7, 11) is 0. The van der Waals surface area contributed by atoms with Crippen LogP contribution in [0.5, 0.6) is 0 Å². The Hall–Kier alpha value is -1.70. The number of hydrogen-bond donors (Lipinski definition) is 1. The van der Waals surface area contributed by atoms with Crippen LogP contribution in [0.4, 0.5) is 18.9 Å². The molecule has 0 atom stereocenters. The number of anilines is 1. The van der Waals surface area contributed by atoms with Crippen LogP contribution < -0.4 is 5.32 Å². The fourth-order valence-corrected chi connectivity index (χ4v) is 1.69. The van der Waals surface area contributed by atoms with Gasteiger partial charge in [0.25, 0.3) is 0 Å². The molecule has 20 heavy (non-hydrogen) atoms. The van der Waals surface area contributed by atoms with Gasteiger partial charge in [0.05, 0.1) is 23.8 Å². The minimum absolute atomic E-state index is 0. The molecular formula is C11H15ClF3N5. The Morgan fingerprint density at radius 2 is 2.10 bits per heavy atom. The maximum atomic E-state index is 13.7. The number of nitrogens with zero attached hydrogens (tertiary/aromatic N) is 4. The Labute approximate surface area is 120 Å². The standard InChI is InChI=1S/C11H14F3N5.ClH/c1-3-18-10(12)8(5-16-18)4-15-9-6-19(11(13)14)17-7(9)2;/h5-6,11,15H,3-4H2,1-2H3;1H. The minimum atomic E-state index is -2.69. The van der Waals surface area contributed by atoms with Gasteiger partial charge < -0.3 is 5.32 Å². The van der Waals surface area contributed by atoms with Crippen LogP contribution >= 0.6 is 12.4 Å². The lowest BCUT2D eigenvalue weighted by Gasteiger charge is -2.03. The number of rotatable bonds is 5. The first-order chi connectivity index (χ1) is 9.02. The number of alkyl halides is 2. The fraction of sp³-hybridized carbons (Fsp3) is 0.455. The summed E-state index contributed by atoms with van der Waals surface area (Å²) in [6.07, 6.45) is 2.61. The van der Waals surface area contributed by atoms with Crippen molar-refractivity contribution in [3.63, 3.8) is 0 Å². The van der Waals surface area contributed by atoms with Crippen molar-refractivity contribution in [3.05, 3.63) is 29.6 Å². The molecule has 0 aromatic carbocycles. The highest BCUT2D eigenvalue weighted by molar-refractivity contribution is 5.85. The maximum absolute atomic E-state index is 13.7. The summed E-state index contributed by atoms with van der Waals surface area (Å²) in [6, 6.07) is 0. The predicted molar refractivity (Wildman–Crippen MR) is 70.7 cm³/mol. The van der Waals surface area contributed by atoms with Crippen LogP contribution in [-0.2, 0) is 13.1 Å². The summed E-state index contributed by atoms with van der Waals surface area (Å²) in [5, 5.41) is 10.4. The van der Waals surface area contributed by atoms with E-state index < -0.39 is 12.5 Å². The molecule has 2 aromatic heterocycles. The smallest absolute Gasteiger partial charge is 0.333 e. The molecule has 0 spiro atoms. The van der Waals surface area contributed by atoms with Crippen LogP contribution in [0.2, 0.25) is 0 Å². The lowest BCUT2D eigenvalue weighted by atomic mass is 10.3. The van der Waals surface area contributed by atoms with Gasteiger partial charge in [-0.1, -0.05) is 0 Å². The summed E-state index contributed by atoms with van der Waals surface area (Å²) in [6.45, 7) is 1.31. The maximum Gasteiger partial charge on any atom is 0.333 e. The normalized spacial score (nSPS) is 10.7. The van der Waals surface area contributed by atoms with Gasteiger partial charge in [0.15, 0.2) is 0 Å². The molecule has 0 saturated heterocycles. The molecule has 2 rings (SSSR count). The summed E-state index contributed by atoms with van der Waals surface area (Å²) in [5.41, 5.74) is 1.26. The van der Waals surface area contributed by atoms with Crippen molar-refractivity contribution >= 4 is 18.1 Å². The van der Waals surface area contributed by atoms with Crippen molar-refractivity contribution in [3.8, 4) is 0 Å². The van der Waals surface area contributed by atoms with Crippen molar-refractivity contribution in [1.82, 2.24) is 19.6 Å². The van der Waals surface area contributed by atoms with Crippen molar-refractivity contribution < 1.29 is 13.2 Å². The lowest BCUT2D eigenvalue weighted by molar-refractivity contribution is 0.0563. The monoisotopic (exact) mass is 309 g/mol. The SMILES string of the molecule is CCn1ncc(CNc2cn(C(F)F)nc2C)c1F.Cl. The summed E-state index contributed by atoms with van der Waals surface area (Å²) in [4.78, 5) is 0. The topological polar surface area (TPSA) is 47.7 Å². The lowest BCUT2D eigenvalue weighted by Crippen LogP contribution is -2.04. The van der Waals surface area contributed by atoms with E-state index in [1.54, 1.807) is 13.8 Å². The van der Waals surface area contributed by atoms with Gasteiger partial charge in [-0.05, 0) is 13.8 Å². The van der Waals surface area contributed by atoms with Crippen LogP contribution in [0.3, 0.4) is 0 Å². The number of nitrogens with one attached hydrogen (secondary N) is 1. The number of halogens is 4. The largest absolute Gasteiger partial charge is 0.378 e. The number of aromatic nitrogens is 4. The molecule has 9 heteroatoms.